The molecule has 4 heteroatoms. The third-order valence-electron chi connectivity index (χ3n) is 5.87. The van der Waals surface area contributed by atoms with Crippen molar-refractivity contribution in [3.63, 3.8) is 0 Å². The molecule has 1 N–H and O–H groups in total. The summed E-state index contributed by atoms with van der Waals surface area (Å²) < 4.78 is 2.27. The number of aromatic nitrogens is 1. The average Bonchev–Trinajstić information content (AvgIpc) is 2.88. The minimum absolute atomic E-state index is 0.172. The first-order chi connectivity index (χ1) is 12.1. The summed E-state index contributed by atoms with van der Waals surface area (Å²) in [5.74, 6) is 0.172. The van der Waals surface area contributed by atoms with E-state index >= 15 is 0 Å². The van der Waals surface area contributed by atoms with E-state index in [2.05, 4.69) is 47.0 Å². The molecule has 1 aromatic carbocycles. The number of carbonyl (C=O) groups is 1. The molecule has 0 radical (unpaired) electrons. The fourth-order valence-electron chi connectivity index (χ4n) is 4.54. The first-order valence-corrected chi connectivity index (χ1v) is 9.70. The molecule has 1 aromatic heterocycles. The average molecular weight is 339 g/mol. The second-order valence-corrected chi connectivity index (χ2v) is 7.92. The Morgan fingerprint density at radius 3 is 2.84 bits per heavy atom. The topological polar surface area (TPSA) is 37.3 Å². The molecule has 0 spiro atoms. The van der Waals surface area contributed by atoms with Crippen LogP contribution in [-0.4, -0.2) is 35.0 Å². The summed E-state index contributed by atoms with van der Waals surface area (Å²) in [6, 6.07) is 7.01. The maximum absolute atomic E-state index is 12.7. The maximum atomic E-state index is 12.7. The number of fused-ring (bicyclic) bond motifs is 3. The fraction of sp³-hybridized carbons (Fsp3) is 0.571. The molecule has 2 aliphatic rings. The summed E-state index contributed by atoms with van der Waals surface area (Å²) in [5.41, 5.74) is 5.27. The molecular weight excluding hydrogens is 310 g/mol. The van der Waals surface area contributed by atoms with Gasteiger partial charge in [-0.25, -0.2) is 0 Å². The van der Waals surface area contributed by atoms with Crippen LogP contribution in [0.25, 0.3) is 10.9 Å². The number of nitrogens with one attached hydrogen (secondary N) is 1. The van der Waals surface area contributed by atoms with Crippen molar-refractivity contribution in [1.82, 2.24) is 14.8 Å². The zero-order valence-corrected chi connectivity index (χ0v) is 15.5. The van der Waals surface area contributed by atoms with Gasteiger partial charge in [-0.2, -0.15) is 0 Å². The highest BCUT2D eigenvalue weighted by Crippen LogP contribution is 2.31. The van der Waals surface area contributed by atoms with E-state index in [1.54, 1.807) is 0 Å². The number of nitrogens with zero attached hydrogens (tertiary/aromatic N) is 2. The number of hydrogen-bond acceptors (Lipinski definition) is 2. The summed E-state index contributed by atoms with van der Waals surface area (Å²) >= 11 is 0. The number of aryl methyl sites for hydroxylation is 1. The first-order valence-electron chi connectivity index (χ1n) is 9.70. The monoisotopic (exact) mass is 339 g/mol. The summed E-state index contributed by atoms with van der Waals surface area (Å²) in [6.07, 6.45) is 7.11. The quantitative estimate of drug-likeness (QED) is 0.931. The Morgan fingerprint density at radius 1 is 1.24 bits per heavy atom. The summed E-state index contributed by atoms with van der Waals surface area (Å²) in [4.78, 5) is 15.1. The van der Waals surface area contributed by atoms with Gasteiger partial charge in [0.05, 0.1) is 0 Å². The molecule has 1 aliphatic carbocycles. The minimum atomic E-state index is 0.172. The Hall–Kier alpha value is -1.81. The fourth-order valence-corrected chi connectivity index (χ4v) is 4.54. The van der Waals surface area contributed by atoms with E-state index in [-0.39, 0.29) is 5.91 Å². The Morgan fingerprint density at radius 2 is 2.04 bits per heavy atom. The standard InChI is InChI=1S/C21H29N3O/c1-15-8-9-19-17(12-15)18-13-23(2)11-10-20(18)24(19)14-21(25)22-16-6-4-3-5-7-16/h8-9,12,16H,3-7,10-11,13-14H2,1-2H3,(H,22,25). The molecule has 134 valence electrons. The van der Waals surface area contributed by atoms with Gasteiger partial charge in [-0.1, -0.05) is 30.9 Å². The number of carbonyl (C=O) groups excluding carboxylic acids is 1. The summed E-state index contributed by atoms with van der Waals surface area (Å²) in [5, 5.41) is 4.60. The lowest BCUT2D eigenvalue weighted by atomic mass is 9.95. The zero-order valence-electron chi connectivity index (χ0n) is 15.5. The van der Waals surface area contributed by atoms with Crippen molar-refractivity contribution in [3.05, 3.63) is 35.0 Å². The SMILES string of the molecule is Cc1ccc2c(c1)c1c(n2CC(=O)NC2CCCCC2)CCN(C)C1. The van der Waals surface area contributed by atoms with Gasteiger partial charge in [-0.15, -0.1) is 0 Å². The van der Waals surface area contributed by atoms with Crippen LogP contribution in [0.2, 0.25) is 0 Å². The highest BCUT2D eigenvalue weighted by atomic mass is 16.2. The number of likely N-dealkylation sites (N-methyl/N-ethyl adjacent to an activating group) is 1. The highest BCUT2D eigenvalue weighted by Gasteiger charge is 2.24. The van der Waals surface area contributed by atoms with Crippen LogP contribution in [0.3, 0.4) is 0 Å². The van der Waals surface area contributed by atoms with E-state index in [1.807, 2.05) is 0 Å². The van der Waals surface area contributed by atoms with Crippen LogP contribution in [0.15, 0.2) is 18.2 Å². The van der Waals surface area contributed by atoms with E-state index in [9.17, 15) is 4.79 Å². The molecule has 25 heavy (non-hydrogen) atoms. The lowest BCUT2D eigenvalue weighted by Gasteiger charge is -2.25. The second-order valence-electron chi connectivity index (χ2n) is 7.92. The Balaban J connectivity index is 1.63. The van der Waals surface area contributed by atoms with Crippen LogP contribution in [0.5, 0.6) is 0 Å². The van der Waals surface area contributed by atoms with Crippen LogP contribution in [-0.2, 0) is 24.3 Å². The van der Waals surface area contributed by atoms with Crippen molar-refractivity contribution in [1.29, 1.82) is 0 Å². The number of amides is 1. The molecule has 0 atom stereocenters. The normalized spacial score (nSPS) is 19.1. The number of rotatable bonds is 3. The molecule has 1 amide bonds. The lowest BCUT2D eigenvalue weighted by molar-refractivity contribution is -0.122. The van der Waals surface area contributed by atoms with Crippen molar-refractivity contribution in [2.24, 2.45) is 0 Å². The van der Waals surface area contributed by atoms with Crippen molar-refractivity contribution >= 4 is 16.8 Å². The van der Waals surface area contributed by atoms with E-state index in [0.29, 0.717) is 12.6 Å². The van der Waals surface area contributed by atoms with Gasteiger partial charge < -0.3 is 14.8 Å². The Labute approximate surface area is 150 Å². The molecule has 2 aromatic rings. The number of benzene rings is 1. The van der Waals surface area contributed by atoms with Gasteiger partial charge in [-0.3, -0.25) is 4.79 Å². The molecule has 1 saturated carbocycles. The van der Waals surface area contributed by atoms with Crippen molar-refractivity contribution in [2.75, 3.05) is 13.6 Å². The largest absolute Gasteiger partial charge is 0.352 e. The van der Waals surface area contributed by atoms with Gasteiger partial charge in [0, 0.05) is 42.1 Å². The summed E-state index contributed by atoms with van der Waals surface area (Å²) in [6.45, 7) is 4.64. The predicted octanol–water partition coefficient (Wildman–Crippen LogP) is 3.39. The predicted molar refractivity (Wildman–Crippen MR) is 102 cm³/mol. The van der Waals surface area contributed by atoms with Gasteiger partial charge in [0.25, 0.3) is 0 Å². The lowest BCUT2D eigenvalue weighted by Crippen LogP contribution is -2.38. The van der Waals surface area contributed by atoms with E-state index < -0.39 is 0 Å². The Kier molecular flexibility index (Phi) is 4.55. The molecule has 1 fully saturated rings. The van der Waals surface area contributed by atoms with E-state index in [4.69, 9.17) is 0 Å². The van der Waals surface area contributed by atoms with Gasteiger partial charge >= 0.3 is 0 Å². The third-order valence-corrected chi connectivity index (χ3v) is 5.87. The third kappa shape index (κ3) is 3.32. The van der Waals surface area contributed by atoms with Gasteiger partial charge in [-0.05, 0) is 44.5 Å². The van der Waals surface area contributed by atoms with Gasteiger partial charge in [0.15, 0.2) is 0 Å². The van der Waals surface area contributed by atoms with Crippen molar-refractivity contribution < 1.29 is 4.79 Å². The van der Waals surface area contributed by atoms with Crippen molar-refractivity contribution in [2.45, 2.75) is 64.6 Å². The van der Waals surface area contributed by atoms with Gasteiger partial charge in [0.2, 0.25) is 5.91 Å². The van der Waals surface area contributed by atoms with Crippen LogP contribution in [0.1, 0.15) is 48.9 Å². The van der Waals surface area contributed by atoms with Gasteiger partial charge in [0.1, 0.15) is 6.54 Å². The second kappa shape index (κ2) is 6.83. The van der Waals surface area contributed by atoms with Crippen LogP contribution in [0, 0.1) is 6.92 Å². The van der Waals surface area contributed by atoms with E-state index in [0.717, 1.165) is 32.4 Å². The van der Waals surface area contributed by atoms with E-state index in [1.165, 1.54) is 47.0 Å². The smallest absolute Gasteiger partial charge is 0.240 e. The first kappa shape index (κ1) is 16.6. The summed E-state index contributed by atoms with van der Waals surface area (Å²) in [7, 11) is 2.18. The maximum Gasteiger partial charge on any atom is 0.240 e. The number of hydrogen-bond donors (Lipinski definition) is 1. The molecular formula is C21H29N3O. The van der Waals surface area contributed by atoms with Crippen molar-refractivity contribution in [3.8, 4) is 0 Å². The Bertz CT molecular complexity index is 786. The minimum Gasteiger partial charge on any atom is -0.352 e. The molecule has 0 bridgehead atoms. The molecule has 4 rings (SSSR count). The zero-order chi connectivity index (χ0) is 17.4. The van der Waals surface area contributed by atoms with Crippen LogP contribution >= 0.6 is 0 Å². The highest BCUT2D eigenvalue weighted by molar-refractivity contribution is 5.88. The molecule has 2 heterocycles. The molecule has 4 nitrogen and oxygen atoms in total. The van der Waals surface area contributed by atoms with Crippen LogP contribution < -0.4 is 5.32 Å². The molecule has 1 aliphatic heterocycles. The van der Waals surface area contributed by atoms with Crippen LogP contribution in [0.4, 0.5) is 0 Å². The molecule has 0 unspecified atom stereocenters. The molecule has 0 saturated heterocycles.